The van der Waals surface area contributed by atoms with Gasteiger partial charge in [0.15, 0.2) is 6.29 Å². The molecule has 1 fully saturated rings. The van der Waals surface area contributed by atoms with E-state index < -0.39 is 18.3 Å². The molecular weight excluding hydrogens is 278 g/mol. The van der Waals surface area contributed by atoms with E-state index in [0.29, 0.717) is 31.3 Å². The number of alkyl halides is 2. The van der Waals surface area contributed by atoms with Gasteiger partial charge in [0.2, 0.25) is 0 Å². The highest BCUT2D eigenvalue weighted by atomic mass is 19.3. The first-order valence-electron chi connectivity index (χ1n) is 8.20. The number of hydrogen-bond donors (Lipinski definition) is 2. The molecule has 4 atom stereocenters. The van der Waals surface area contributed by atoms with Crippen LogP contribution in [0.3, 0.4) is 0 Å². The predicted molar refractivity (Wildman–Crippen MR) is 78.2 cm³/mol. The van der Waals surface area contributed by atoms with E-state index in [0.717, 1.165) is 25.7 Å². The van der Waals surface area contributed by atoms with Crippen LogP contribution in [0.25, 0.3) is 0 Å². The highest BCUT2D eigenvalue weighted by molar-refractivity contribution is 4.80. The molecule has 3 nitrogen and oxygen atoms in total. The zero-order valence-electron chi connectivity index (χ0n) is 13.2. The molecule has 1 rings (SSSR count). The van der Waals surface area contributed by atoms with E-state index in [4.69, 9.17) is 9.84 Å². The first kappa shape index (κ1) is 18.8. The lowest BCUT2D eigenvalue weighted by molar-refractivity contribution is -0.118. The van der Waals surface area contributed by atoms with Crippen molar-refractivity contribution in [1.82, 2.24) is 0 Å². The van der Waals surface area contributed by atoms with Gasteiger partial charge in [-0.3, -0.25) is 0 Å². The van der Waals surface area contributed by atoms with E-state index in [9.17, 15) is 13.9 Å². The predicted octanol–water partition coefficient (Wildman–Crippen LogP) is 3.72. The van der Waals surface area contributed by atoms with Gasteiger partial charge in [0.1, 0.15) is 6.10 Å². The molecule has 0 aromatic carbocycles. The van der Waals surface area contributed by atoms with Crippen LogP contribution in [0.2, 0.25) is 0 Å². The van der Waals surface area contributed by atoms with Crippen LogP contribution in [-0.4, -0.2) is 35.1 Å². The molecule has 4 unspecified atom stereocenters. The standard InChI is InChI=1S/C16H30F2O3/c1-3-4-9-16(17,18)15(20)8-7-13-5-6-14(10-13)11-21-12(2)19/h12-15,19-20H,3-11H2,1-2H3. The molecule has 2 N–H and O–H groups in total. The fourth-order valence-corrected chi connectivity index (χ4v) is 3.05. The average Bonchev–Trinajstić information content (AvgIpc) is 2.88. The molecule has 0 aromatic rings. The van der Waals surface area contributed by atoms with Gasteiger partial charge in [-0.1, -0.05) is 19.8 Å². The lowest BCUT2D eigenvalue weighted by Gasteiger charge is -2.23. The Bertz CT molecular complexity index is 285. The van der Waals surface area contributed by atoms with Crippen molar-refractivity contribution >= 4 is 0 Å². The van der Waals surface area contributed by atoms with Crippen molar-refractivity contribution in [2.75, 3.05) is 6.61 Å². The van der Waals surface area contributed by atoms with Crippen LogP contribution in [0.4, 0.5) is 8.78 Å². The maximum atomic E-state index is 13.7. The van der Waals surface area contributed by atoms with Crippen molar-refractivity contribution in [2.45, 2.75) is 83.5 Å². The molecule has 0 heterocycles. The second kappa shape index (κ2) is 9.01. The van der Waals surface area contributed by atoms with E-state index in [-0.39, 0.29) is 12.8 Å². The smallest absolute Gasteiger partial charge is 0.273 e. The summed E-state index contributed by atoms with van der Waals surface area (Å²) in [5, 5.41) is 18.8. The van der Waals surface area contributed by atoms with E-state index in [1.165, 1.54) is 0 Å². The quantitative estimate of drug-likeness (QED) is 0.605. The lowest BCUT2D eigenvalue weighted by Crippen LogP contribution is -2.33. The molecule has 1 saturated carbocycles. The summed E-state index contributed by atoms with van der Waals surface area (Å²) in [6.45, 7) is 3.99. The van der Waals surface area contributed by atoms with Crippen LogP contribution >= 0.6 is 0 Å². The van der Waals surface area contributed by atoms with Crippen molar-refractivity contribution < 1.29 is 23.7 Å². The molecule has 1 aliphatic rings. The van der Waals surface area contributed by atoms with Crippen LogP contribution < -0.4 is 0 Å². The Morgan fingerprint density at radius 1 is 1.24 bits per heavy atom. The van der Waals surface area contributed by atoms with Gasteiger partial charge in [0, 0.05) is 6.42 Å². The van der Waals surface area contributed by atoms with Gasteiger partial charge in [-0.05, 0) is 50.9 Å². The van der Waals surface area contributed by atoms with Gasteiger partial charge in [0.05, 0.1) is 6.61 Å². The zero-order valence-corrected chi connectivity index (χ0v) is 13.2. The molecule has 21 heavy (non-hydrogen) atoms. The largest absolute Gasteiger partial charge is 0.387 e. The summed E-state index contributed by atoms with van der Waals surface area (Å²) in [7, 11) is 0. The Balaban J connectivity index is 2.23. The molecule has 126 valence electrons. The van der Waals surface area contributed by atoms with E-state index >= 15 is 0 Å². The van der Waals surface area contributed by atoms with Crippen LogP contribution in [0.5, 0.6) is 0 Å². The summed E-state index contributed by atoms with van der Waals surface area (Å²) in [6.07, 6.45) is 2.46. The van der Waals surface area contributed by atoms with Crippen molar-refractivity contribution in [3.63, 3.8) is 0 Å². The van der Waals surface area contributed by atoms with Gasteiger partial charge in [-0.15, -0.1) is 0 Å². The summed E-state index contributed by atoms with van der Waals surface area (Å²) in [4.78, 5) is 0. The topological polar surface area (TPSA) is 49.7 Å². The minimum Gasteiger partial charge on any atom is -0.387 e. The van der Waals surface area contributed by atoms with E-state index in [2.05, 4.69) is 0 Å². The zero-order chi connectivity index (χ0) is 15.9. The third-order valence-corrected chi connectivity index (χ3v) is 4.42. The summed E-state index contributed by atoms with van der Waals surface area (Å²) in [5.74, 6) is -2.16. The Labute approximate surface area is 126 Å². The highest BCUT2D eigenvalue weighted by Gasteiger charge is 2.37. The molecule has 0 bridgehead atoms. The van der Waals surface area contributed by atoms with Crippen molar-refractivity contribution in [3.8, 4) is 0 Å². The molecule has 0 radical (unpaired) electrons. The Hall–Kier alpha value is -0.260. The summed E-state index contributed by atoms with van der Waals surface area (Å²) in [5.41, 5.74) is 0. The number of aliphatic hydroxyl groups is 2. The van der Waals surface area contributed by atoms with Crippen molar-refractivity contribution in [2.24, 2.45) is 11.8 Å². The van der Waals surface area contributed by atoms with Crippen LogP contribution in [0, 0.1) is 11.8 Å². The highest BCUT2D eigenvalue weighted by Crippen LogP contribution is 2.36. The fourth-order valence-electron chi connectivity index (χ4n) is 3.05. The molecule has 0 spiro atoms. The third-order valence-electron chi connectivity index (χ3n) is 4.42. The Morgan fingerprint density at radius 3 is 2.52 bits per heavy atom. The maximum Gasteiger partial charge on any atom is 0.273 e. The van der Waals surface area contributed by atoms with Gasteiger partial charge < -0.3 is 14.9 Å². The van der Waals surface area contributed by atoms with Gasteiger partial charge in [-0.25, -0.2) is 8.78 Å². The average molecular weight is 308 g/mol. The fraction of sp³-hybridized carbons (Fsp3) is 1.00. The van der Waals surface area contributed by atoms with Gasteiger partial charge in [-0.2, -0.15) is 0 Å². The van der Waals surface area contributed by atoms with E-state index in [1.807, 2.05) is 6.92 Å². The monoisotopic (exact) mass is 308 g/mol. The molecule has 0 amide bonds. The summed E-state index contributed by atoms with van der Waals surface area (Å²) < 4.78 is 32.5. The van der Waals surface area contributed by atoms with Crippen LogP contribution in [-0.2, 0) is 4.74 Å². The van der Waals surface area contributed by atoms with Crippen LogP contribution in [0.15, 0.2) is 0 Å². The first-order chi connectivity index (χ1) is 9.85. The summed E-state index contributed by atoms with van der Waals surface area (Å²) >= 11 is 0. The van der Waals surface area contributed by atoms with Gasteiger partial charge in [0.25, 0.3) is 5.92 Å². The molecule has 0 aliphatic heterocycles. The first-order valence-corrected chi connectivity index (χ1v) is 8.20. The molecule has 0 aromatic heterocycles. The molecule has 0 saturated heterocycles. The minimum atomic E-state index is -2.95. The number of ether oxygens (including phenoxy) is 1. The Kier molecular flexibility index (Phi) is 8.06. The molecule has 5 heteroatoms. The van der Waals surface area contributed by atoms with Crippen LogP contribution in [0.1, 0.15) is 65.2 Å². The number of halogens is 2. The molecule has 1 aliphatic carbocycles. The number of hydrogen-bond acceptors (Lipinski definition) is 3. The van der Waals surface area contributed by atoms with E-state index in [1.54, 1.807) is 6.92 Å². The number of aliphatic hydroxyl groups excluding tert-OH is 2. The van der Waals surface area contributed by atoms with Crippen molar-refractivity contribution in [3.05, 3.63) is 0 Å². The normalized spacial score (nSPS) is 26.0. The second-order valence-electron chi connectivity index (χ2n) is 6.44. The SMILES string of the molecule is CCCCC(F)(F)C(O)CCC1CCC(COC(C)O)C1. The number of rotatable bonds is 10. The second-order valence-corrected chi connectivity index (χ2v) is 6.44. The third kappa shape index (κ3) is 7.02. The summed E-state index contributed by atoms with van der Waals surface area (Å²) in [6, 6.07) is 0. The van der Waals surface area contributed by atoms with Crippen molar-refractivity contribution in [1.29, 1.82) is 0 Å². The Morgan fingerprint density at radius 2 is 1.90 bits per heavy atom. The number of unbranched alkanes of at least 4 members (excludes halogenated alkanes) is 1. The molecular formula is C16H30F2O3. The lowest BCUT2D eigenvalue weighted by atomic mass is 9.94. The van der Waals surface area contributed by atoms with Gasteiger partial charge >= 0.3 is 0 Å². The maximum absolute atomic E-state index is 13.7. The minimum absolute atomic E-state index is 0.172.